The lowest BCUT2D eigenvalue weighted by Crippen LogP contribution is -2.45. The first-order valence-electron chi connectivity index (χ1n) is 6.54. The van der Waals surface area contributed by atoms with Crippen molar-refractivity contribution < 1.29 is 10.0 Å². The molecule has 0 aromatic carbocycles. The van der Waals surface area contributed by atoms with Crippen LogP contribution in [0.1, 0.15) is 25.7 Å². The van der Waals surface area contributed by atoms with Gasteiger partial charge >= 0.3 is 5.69 Å². The number of aromatic nitrogens is 2. The molecule has 2 saturated heterocycles. The number of hydrogen-bond donors (Lipinski definition) is 3. The molecule has 4 N–H and O–H groups in total. The Bertz CT molecular complexity index is 525. The standard InChI is InChI=1S/C11H16N6O3/c12-15-11-13-5-9(17(19)20)10(14-11)16-6-1-2-7(16)4-8(18)3-6/h5-8,18H,1-4,12H2,(H,13,14,15). The Kier molecular flexibility index (Phi) is 3.14. The summed E-state index contributed by atoms with van der Waals surface area (Å²) in [5.41, 5.74) is 2.18. The Balaban J connectivity index is 2.02. The van der Waals surface area contributed by atoms with Crippen molar-refractivity contribution in [3.63, 3.8) is 0 Å². The minimum Gasteiger partial charge on any atom is -0.393 e. The number of hydrazine groups is 1. The minimum atomic E-state index is -0.486. The van der Waals surface area contributed by atoms with Crippen LogP contribution in [0.2, 0.25) is 0 Å². The number of aliphatic hydroxyl groups is 1. The summed E-state index contributed by atoms with van der Waals surface area (Å²) in [5, 5.41) is 21.0. The van der Waals surface area contributed by atoms with Crippen LogP contribution in [0, 0.1) is 10.1 Å². The molecule has 1 aromatic heterocycles. The summed E-state index contributed by atoms with van der Waals surface area (Å²) in [6.07, 6.45) is 3.88. The summed E-state index contributed by atoms with van der Waals surface area (Å²) in [6.45, 7) is 0. The summed E-state index contributed by atoms with van der Waals surface area (Å²) in [4.78, 5) is 20.6. The van der Waals surface area contributed by atoms with E-state index >= 15 is 0 Å². The van der Waals surface area contributed by atoms with Crippen LogP contribution in [0.25, 0.3) is 0 Å². The number of rotatable bonds is 3. The van der Waals surface area contributed by atoms with Crippen LogP contribution >= 0.6 is 0 Å². The molecule has 0 spiro atoms. The van der Waals surface area contributed by atoms with E-state index in [0.717, 1.165) is 12.8 Å². The Morgan fingerprint density at radius 3 is 2.65 bits per heavy atom. The van der Waals surface area contributed by atoms with Crippen molar-refractivity contribution >= 4 is 17.5 Å². The molecular formula is C11H16N6O3. The van der Waals surface area contributed by atoms with Gasteiger partial charge in [0.25, 0.3) is 0 Å². The molecule has 108 valence electrons. The van der Waals surface area contributed by atoms with Crippen molar-refractivity contribution in [3.8, 4) is 0 Å². The van der Waals surface area contributed by atoms with Crippen LogP contribution in [0.5, 0.6) is 0 Å². The fraction of sp³-hybridized carbons (Fsp3) is 0.636. The third kappa shape index (κ3) is 2.04. The van der Waals surface area contributed by atoms with Gasteiger partial charge in [0.15, 0.2) is 0 Å². The maximum atomic E-state index is 11.2. The van der Waals surface area contributed by atoms with Crippen LogP contribution in [0.15, 0.2) is 6.20 Å². The van der Waals surface area contributed by atoms with Gasteiger partial charge in [-0.05, 0) is 25.7 Å². The van der Waals surface area contributed by atoms with Gasteiger partial charge in [-0.1, -0.05) is 0 Å². The highest BCUT2D eigenvalue weighted by Gasteiger charge is 2.43. The van der Waals surface area contributed by atoms with E-state index in [1.165, 1.54) is 6.20 Å². The summed E-state index contributed by atoms with van der Waals surface area (Å²) in [6, 6.07) is 0.172. The van der Waals surface area contributed by atoms with E-state index in [1.54, 1.807) is 0 Å². The molecule has 0 aliphatic carbocycles. The lowest BCUT2D eigenvalue weighted by Gasteiger charge is -2.37. The lowest BCUT2D eigenvalue weighted by molar-refractivity contribution is -0.384. The number of nitrogens with two attached hydrogens (primary N) is 1. The maximum absolute atomic E-state index is 11.2. The van der Waals surface area contributed by atoms with E-state index in [9.17, 15) is 15.2 Å². The largest absolute Gasteiger partial charge is 0.393 e. The third-order valence-corrected chi connectivity index (χ3v) is 4.03. The number of fused-ring (bicyclic) bond motifs is 2. The van der Waals surface area contributed by atoms with Crippen LogP contribution in [0.4, 0.5) is 17.5 Å². The monoisotopic (exact) mass is 280 g/mol. The molecule has 2 aliphatic heterocycles. The maximum Gasteiger partial charge on any atom is 0.329 e. The molecule has 2 atom stereocenters. The van der Waals surface area contributed by atoms with Crippen molar-refractivity contribution in [2.45, 2.75) is 43.9 Å². The summed E-state index contributed by atoms with van der Waals surface area (Å²) >= 11 is 0. The van der Waals surface area contributed by atoms with Gasteiger partial charge in [0.2, 0.25) is 11.8 Å². The summed E-state index contributed by atoms with van der Waals surface area (Å²) in [7, 11) is 0. The topological polar surface area (TPSA) is 130 Å². The van der Waals surface area contributed by atoms with Crippen LogP contribution in [0.3, 0.4) is 0 Å². The summed E-state index contributed by atoms with van der Waals surface area (Å²) < 4.78 is 0. The smallest absolute Gasteiger partial charge is 0.329 e. The quantitative estimate of drug-likeness (QED) is 0.405. The zero-order valence-electron chi connectivity index (χ0n) is 10.8. The highest BCUT2D eigenvalue weighted by atomic mass is 16.6. The molecule has 2 aliphatic rings. The van der Waals surface area contributed by atoms with Crippen molar-refractivity contribution in [2.75, 3.05) is 10.3 Å². The second-order valence-corrected chi connectivity index (χ2v) is 5.22. The second kappa shape index (κ2) is 4.84. The average Bonchev–Trinajstić information content (AvgIpc) is 2.70. The average molecular weight is 280 g/mol. The van der Waals surface area contributed by atoms with E-state index < -0.39 is 4.92 Å². The van der Waals surface area contributed by atoms with Crippen LogP contribution < -0.4 is 16.2 Å². The normalized spacial score (nSPS) is 28.5. The molecule has 9 heteroatoms. The van der Waals surface area contributed by atoms with E-state index in [0.29, 0.717) is 12.8 Å². The zero-order chi connectivity index (χ0) is 14.3. The van der Waals surface area contributed by atoms with Gasteiger partial charge in [-0.3, -0.25) is 15.5 Å². The Hall–Kier alpha value is -2.00. The molecule has 0 amide bonds. The van der Waals surface area contributed by atoms with Crippen LogP contribution in [-0.2, 0) is 0 Å². The van der Waals surface area contributed by atoms with Crippen LogP contribution in [-0.4, -0.2) is 38.2 Å². The molecular weight excluding hydrogens is 264 g/mol. The number of nitrogen functional groups attached to an aromatic ring is 1. The number of piperidine rings is 1. The molecule has 0 saturated carbocycles. The minimum absolute atomic E-state index is 0.0861. The molecule has 2 unspecified atom stereocenters. The van der Waals surface area contributed by atoms with Gasteiger partial charge in [-0.2, -0.15) is 4.98 Å². The van der Waals surface area contributed by atoms with E-state index in [1.807, 2.05) is 4.90 Å². The second-order valence-electron chi connectivity index (χ2n) is 5.22. The fourth-order valence-corrected chi connectivity index (χ4v) is 3.25. The van der Waals surface area contributed by atoms with Crippen molar-refractivity contribution in [1.82, 2.24) is 9.97 Å². The Morgan fingerprint density at radius 2 is 2.10 bits per heavy atom. The van der Waals surface area contributed by atoms with E-state index in [4.69, 9.17) is 5.84 Å². The van der Waals surface area contributed by atoms with E-state index in [-0.39, 0.29) is 35.6 Å². The Labute approximate surface area is 114 Å². The first-order valence-corrected chi connectivity index (χ1v) is 6.54. The summed E-state index contributed by atoms with van der Waals surface area (Å²) in [5.74, 6) is 5.72. The van der Waals surface area contributed by atoms with Gasteiger partial charge in [0.05, 0.1) is 11.0 Å². The predicted molar refractivity (Wildman–Crippen MR) is 71.0 cm³/mol. The van der Waals surface area contributed by atoms with Gasteiger partial charge in [0.1, 0.15) is 6.20 Å². The van der Waals surface area contributed by atoms with Gasteiger partial charge in [-0.15, -0.1) is 0 Å². The number of anilines is 2. The fourth-order valence-electron chi connectivity index (χ4n) is 3.25. The number of nitro groups is 1. The van der Waals surface area contributed by atoms with Crippen molar-refractivity contribution in [1.29, 1.82) is 0 Å². The van der Waals surface area contributed by atoms with Crippen molar-refractivity contribution in [3.05, 3.63) is 16.3 Å². The van der Waals surface area contributed by atoms with Crippen molar-refractivity contribution in [2.24, 2.45) is 5.84 Å². The SMILES string of the molecule is NNc1ncc([N+](=O)[O-])c(N2C3CCC2CC(O)C3)n1. The number of aliphatic hydroxyl groups excluding tert-OH is 1. The molecule has 9 nitrogen and oxygen atoms in total. The van der Waals surface area contributed by atoms with Gasteiger partial charge in [0, 0.05) is 12.1 Å². The number of hydrogen-bond acceptors (Lipinski definition) is 8. The lowest BCUT2D eigenvalue weighted by atomic mass is 10.00. The first kappa shape index (κ1) is 13.0. The first-order chi connectivity index (χ1) is 9.60. The number of nitrogens with zero attached hydrogens (tertiary/aromatic N) is 4. The highest BCUT2D eigenvalue weighted by molar-refractivity contribution is 5.61. The molecule has 3 rings (SSSR count). The Morgan fingerprint density at radius 1 is 1.45 bits per heavy atom. The molecule has 1 aromatic rings. The van der Waals surface area contributed by atoms with E-state index in [2.05, 4.69) is 15.4 Å². The predicted octanol–water partition coefficient (Wildman–Crippen LogP) is 0.162. The van der Waals surface area contributed by atoms with Gasteiger partial charge in [-0.25, -0.2) is 10.8 Å². The zero-order valence-corrected chi connectivity index (χ0v) is 10.8. The third-order valence-electron chi connectivity index (χ3n) is 4.03. The molecule has 20 heavy (non-hydrogen) atoms. The molecule has 2 fully saturated rings. The van der Waals surface area contributed by atoms with Gasteiger partial charge < -0.3 is 10.0 Å². The number of nitrogens with one attached hydrogen (secondary N) is 1. The highest BCUT2D eigenvalue weighted by Crippen LogP contribution is 2.41. The molecule has 3 heterocycles. The molecule has 0 radical (unpaired) electrons. The molecule has 2 bridgehead atoms.